The Balaban J connectivity index is 1.96. The number of hydrogen-bond acceptors (Lipinski definition) is 5. The third kappa shape index (κ3) is 2.16. The number of aryl methyl sites for hydroxylation is 1. The Bertz CT molecular complexity index is 609. The molecule has 1 aromatic heterocycles. The highest BCUT2D eigenvalue weighted by molar-refractivity contribution is 5.70. The Morgan fingerprint density at radius 2 is 1.95 bits per heavy atom. The molecule has 0 amide bonds. The summed E-state index contributed by atoms with van der Waals surface area (Å²) in [5.74, 6) is 0.608. The summed E-state index contributed by atoms with van der Waals surface area (Å²) in [5, 5.41) is 14.8. The third-order valence-corrected chi connectivity index (χ3v) is 3.42. The molecule has 19 heavy (non-hydrogen) atoms. The van der Waals surface area contributed by atoms with Crippen LogP contribution < -0.4 is 11.5 Å². The van der Waals surface area contributed by atoms with Crippen LogP contribution in [0.5, 0.6) is 0 Å². The van der Waals surface area contributed by atoms with Crippen LogP contribution in [0.3, 0.4) is 0 Å². The van der Waals surface area contributed by atoms with Crippen molar-refractivity contribution in [1.29, 1.82) is 0 Å². The van der Waals surface area contributed by atoms with Crippen LogP contribution in [0, 0.1) is 0 Å². The third-order valence-electron chi connectivity index (χ3n) is 3.42. The lowest BCUT2D eigenvalue weighted by molar-refractivity contribution is 0.685. The fraction of sp³-hybridized carbons (Fsp3) is 0.308. The molecule has 0 fully saturated rings. The molecule has 3 rings (SSSR count). The first kappa shape index (κ1) is 11.7. The van der Waals surface area contributed by atoms with Crippen molar-refractivity contribution < 1.29 is 0 Å². The molecule has 6 heteroatoms. The van der Waals surface area contributed by atoms with Gasteiger partial charge in [-0.05, 0) is 42.9 Å². The molecule has 0 atom stereocenters. The molecule has 1 aromatic carbocycles. The van der Waals surface area contributed by atoms with Crippen molar-refractivity contribution >= 4 is 23.0 Å². The van der Waals surface area contributed by atoms with Crippen molar-refractivity contribution in [1.82, 2.24) is 10.2 Å². The minimum atomic E-state index is 0.269. The number of H-pyrrole nitrogens is 1. The van der Waals surface area contributed by atoms with Crippen LogP contribution in [-0.2, 0) is 12.8 Å². The van der Waals surface area contributed by atoms with Gasteiger partial charge in [-0.1, -0.05) is 12.1 Å². The lowest BCUT2D eigenvalue weighted by atomic mass is 9.91. The van der Waals surface area contributed by atoms with E-state index >= 15 is 0 Å². The number of nitrogens with one attached hydrogen (secondary N) is 1. The van der Waals surface area contributed by atoms with E-state index in [0.717, 1.165) is 18.5 Å². The number of azo groups is 1. The minimum Gasteiger partial charge on any atom is -0.382 e. The number of anilines is 2. The summed E-state index contributed by atoms with van der Waals surface area (Å²) in [6.45, 7) is 0. The van der Waals surface area contributed by atoms with Crippen LogP contribution >= 0.6 is 0 Å². The summed E-state index contributed by atoms with van der Waals surface area (Å²) >= 11 is 0. The van der Waals surface area contributed by atoms with E-state index in [4.69, 9.17) is 11.5 Å². The minimum absolute atomic E-state index is 0.269. The van der Waals surface area contributed by atoms with Crippen LogP contribution in [0.1, 0.15) is 24.0 Å². The molecule has 1 heterocycles. The normalized spacial score (nSPS) is 14.7. The van der Waals surface area contributed by atoms with Gasteiger partial charge in [-0.3, -0.25) is 5.10 Å². The van der Waals surface area contributed by atoms with Crippen molar-refractivity contribution in [3.8, 4) is 0 Å². The standard InChI is InChI=1S/C13H16N6/c14-12-11(13(15)19-18-12)17-16-10-7-3-5-8-4-1-2-6-9(8)10/h3,5,7H,1-2,4,6H2,(H5,14,15,18,19). The van der Waals surface area contributed by atoms with Crippen LogP contribution in [0.15, 0.2) is 28.4 Å². The first-order valence-electron chi connectivity index (χ1n) is 6.37. The molecule has 5 N–H and O–H groups in total. The number of fused-ring (bicyclic) bond motifs is 1. The summed E-state index contributed by atoms with van der Waals surface area (Å²) in [7, 11) is 0. The maximum Gasteiger partial charge on any atom is 0.175 e. The second-order valence-electron chi connectivity index (χ2n) is 4.69. The summed E-state index contributed by atoms with van der Waals surface area (Å²) in [5.41, 5.74) is 15.3. The van der Waals surface area contributed by atoms with Crippen LogP contribution in [0.2, 0.25) is 0 Å². The van der Waals surface area contributed by atoms with E-state index < -0.39 is 0 Å². The van der Waals surface area contributed by atoms with Gasteiger partial charge in [-0.2, -0.15) is 10.2 Å². The van der Waals surface area contributed by atoms with Gasteiger partial charge in [0.15, 0.2) is 11.5 Å². The lowest BCUT2D eigenvalue weighted by Gasteiger charge is -2.16. The van der Waals surface area contributed by atoms with E-state index in [-0.39, 0.29) is 5.82 Å². The number of rotatable bonds is 2. The maximum atomic E-state index is 5.69. The monoisotopic (exact) mass is 256 g/mol. The molecule has 2 aromatic rings. The molecule has 1 aliphatic carbocycles. The topological polar surface area (TPSA) is 105 Å². The van der Waals surface area contributed by atoms with Crippen LogP contribution in [0.4, 0.5) is 23.0 Å². The molecule has 0 saturated carbocycles. The molecule has 0 saturated heterocycles. The fourth-order valence-electron chi connectivity index (χ4n) is 2.43. The molecular formula is C13H16N6. The number of aromatic nitrogens is 2. The molecule has 0 unspecified atom stereocenters. The molecule has 0 radical (unpaired) electrons. The second kappa shape index (κ2) is 4.72. The number of nitrogens with two attached hydrogens (primary N) is 2. The van der Waals surface area contributed by atoms with Crippen LogP contribution in [-0.4, -0.2) is 10.2 Å². The average molecular weight is 256 g/mol. The number of hydrogen-bond donors (Lipinski definition) is 3. The first-order valence-corrected chi connectivity index (χ1v) is 6.37. The number of benzene rings is 1. The van der Waals surface area contributed by atoms with Gasteiger partial charge in [-0.25, -0.2) is 0 Å². The molecule has 6 nitrogen and oxygen atoms in total. The van der Waals surface area contributed by atoms with Gasteiger partial charge >= 0.3 is 0 Å². The summed E-state index contributed by atoms with van der Waals surface area (Å²) < 4.78 is 0. The molecule has 0 aliphatic heterocycles. The lowest BCUT2D eigenvalue weighted by Crippen LogP contribution is -2.01. The molecular weight excluding hydrogens is 240 g/mol. The van der Waals surface area contributed by atoms with E-state index in [1.54, 1.807) is 0 Å². The Morgan fingerprint density at radius 1 is 1.11 bits per heavy atom. The quantitative estimate of drug-likeness (QED) is 0.719. The Hall–Kier alpha value is -2.37. The highest BCUT2D eigenvalue weighted by Crippen LogP contribution is 2.33. The van der Waals surface area contributed by atoms with Crippen LogP contribution in [0.25, 0.3) is 0 Å². The molecule has 98 valence electrons. The van der Waals surface area contributed by atoms with Gasteiger partial charge in [0.2, 0.25) is 0 Å². The predicted octanol–water partition coefficient (Wildman–Crippen LogP) is 2.87. The van der Waals surface area contributed by atoms with Crippen molar-refractivity contribution in [2.45, 2.75) is 25.7 Å². The Kier molecular flexibility index (Phi) is 2.91. The first-order chi connectivity index (χ1) is 9.25. The molecule has 1 aliphatic rings. The summed E-state index contributed by atoms with van der Waals surface area (Å²) in [4.78, 5) is 0. The van der Waals surface area contributed by atoms with Gasteiger partial charge < -0.3 is 11.5 Å². The smallest absolute Gasteiger partial charge is 0.175 e. The Labute approximate surface area is 110 Å². The zero-order valence-corrected chi connectivity index (χ0v) is 10.6. The van der Waals surface area contributed by atoms with Crippen molar-refractivity contribution in [2.75, 3.05) is 11.5 Å². The largest absolute Gasteiger partial charge is 0.382 e. The van der Waals surface area contributed by atoms with Gasteiger partial charge in [0.25, 0.3) is 0 Å². The van der Waals surface area contributed by atoms with Gasteiger partial charge in [-0.15, -0.1) is 5.11 Å². The highest BCUT2D eigenvalue weighted by Gasteiger charge is 2.13. The second-order valence-corrected chi connectivity index (χ2v) is 4.69. The highest BCUT2D eigenvalue weighted by atomic mass is 15.2. The SMILES string of the molecule is Nc1n[nH]c(N)c1N=Nc1cccc2c1CCCC2. The number of nitrogens with zero attached hydrogens (tertiary/aromatic N) is 3. The average Bonchev–Trinajstić information content (AvgIpc) is 2.76. The zero-order chi connectivity index (χ0) is 13.2. The van der Waals surface area contributed by atoms with Gasteiger partial charge in [0.05, 0.1) is 5.69 Å². The van der Waals surface area contributed by atoms with E-state index in [1.807, 2.05) is 12.1 Å². The van der Waals surface area contributed by atoms with Crippen molar-refractivity contribution in [2.24, 2.45) is 10.2 Å². The Morgan fingerprint density at radius 3 is 2.74 bits per heavy atom. The molecule has 0 bridgehead atoms. The van der Waals surface area contributed by atoms with Gasteiger partial charge in [0.1, 0.15) is 5.82 Å². The van der Waals surface area contributed by atoms with E-state index in [9.17, 15) is 0 Å². The summed E-state index contributed by atoms with van der Waals surface area (Å²) in [6, 6.07) is 6.15. The van der Waals surface area contributed by atoms with Crippen molar-refractivity contribution in [3.05, 3.63) is 29.3 Å². The maximum absolute atomic E-state index is 5.69. The van der Waals surface area contributed by atoms with E-state index in [0.29, 0.717) is 11.5 Å². The summed E-state index contributed by atoms with van der Waals surface area (Å²) in [6.07, 6.45) is 4.63. The zero-order valence-electron chi connectivity index (χ0n) is 10.6. The fourth-order valence-corrected chi connectivity index (χ4v) is 2.43. The number of aromatic amines is 1. The molecule has 0 spiro atoms. The number of nitrogen functional groups attached to an aromatic ring is 2. The van der Waals surface area contributed by atoms with Crippen molar-refractivity contribution in [3.63, 3.8) is 0 Å². The van der Waals surface area contributed by atoms with E-state index in [1.165, 1.54) is 24.0 Å². The predicted molar refractivity (Wildman–Crippen MR) is 74.7 cm³/mol. The van der Waals surface area contributed by atoms with Gasteiger partial charge in [0, 0.05) is 0 Å². The van der Waals surface area contributed by atoms with E-state index in [2.05, 4.69) is 26.5 Å².